The molecule has 0 aliphatic rings. The number of aryl methyl sites for hydroxylation is 1. The van der Waals surface area contributed by atoms with Crippen molar-refractivity contribution in [2.24, 2.45) is 5.73 Å². The summed E-state index contributed by atoms with van der Waals surface area (Å²) in [6.45, 7) is 2.43. The van der Waals surface area contributed by atoms with Crippen LogP contribution >= 0.6 is 0 Å². The molecule has 0 aliphatic carbocycles. The highest BCUT2D eigenvalue weighted by atomic mass is 16.3. The van der Waals surface area contributed by atoms with Gasteiger partial charge in [-0.3, -0.25) is 5.41 Å². The molecule has 12 heavy (non-hydrogen) atoms. The Bertz CT molecular complexity index is 280. The Morgan fingerprint density at radius 2 is 2.33 bits per heavy atom. The number of nitrogens with two attached hydrogens (primary N) is 1. The van der Waals surface area contributed by atoms with Gasteiger partial charge in [0.15, 0.2) is 5.96 Å². The number of guanidine groups is 1. The van der Waals surface area contributed by atoms with E-state index in [1.807, 2.05) is 19.1 Å². The van der Waals surface area contributed by atoms with Crippen LogP contribution in [-0.2, 0) is 6.54 Å². The molecule has 0 unspecified atom stereocenters. The zero-order valence-electron chi connectivity index (χ0n) is 7.29. The lowest BCUT2D eigenvalue weighted by atomic mass is 10.4. The number of nitrogens with one attached hydrogen (secondary N) is 1. The fraction of sp³-hybridized carbons (Fsp3) is 0.375. The summed E-state index contributed by atoms with van der Waals surface area (Å²) in [5, 5.41) is 7.12. The summed E-state index contributed by atoms with van der Waals surface area (Å²) >= 11 is 0. The Balaban J connectivity index is 2.58. The normalized spacial score (nSPS) is 9.83. The highest BCUT2D eigenvalue weighted by Gasteiger charge is 2.03. The topological polar surface area (TPSA) is 66.2 Å². The zero-order chi connectivity index (χ0) is 9.14. The van der Waals surface area contributed by atoms with Gasteiger partial charge in [0.05, 0.1) is 6.54 Å². The van der Waals surface area contributed by atoms with Crippen LogP contribution in [0.3, 0.4) is 0 Å². The molecule has 0 saturated carbocycles. The third kappa shape index (κ3) is 2.02. The fourth-order valence-electron chi connectivity index (χ4n) is 0.889. The molecular weight excluding hydrogens is 154 g/mol. The van der Waals surface area contributed by atoms with Crippen LogP contribution < -0.4 is 5.73 Å². The highest BCUT2D eigenvalue weighted by molar-refractivity contribution is 5.74. The molecule has 0 spiro atoms. The van der Waals surface area contributed by atoms with E-state index in [1.54, 1.807) is 11.9 Å². The van der Waals surface area contributed by atoms with Crippen LogP contribution in [0.25, 0.3) is 0 Å². The summed E-state index contributed by atoms with van der Waals surface area (Å²) in [5.74, 6) is 1.75. The minimum absolute atomic E-state index is 0.0454. The van der Waals surface area contributed by atoms with Crippen LogP contribution in [0.15, 0.2) is 16.5 Å². The van der Waals surface area contributed by atoms with E-state index in [1.165, 1.54) is 0 Å². The molecule has 0 atom stereocenters. The van der Waals surface area contributed by atoms with Gasteiger partial charge in [-0.2, -0.15) is 0 Å². The van der Waals surface area contributed by atoms with Crippen LogP contribution in [0.5, 0.6) is 0 Å². The van der Waals surface area contributed by atoms with Crippen molar-refractivity contribution in [3.05, 3.63) is 23.7 Å². The molecule has 4 heteroatoms. The summed E-state index contributed by atoms with van der Waals surface area (Å²) in [6, 6.07) is 3.78. The molecule has 0 aliphatic heterocycles. The van der Waals surface area contributed by atoms with E-state index >= 15 is 0 Å². The number of nitrogens with zero attached hydrogens (tertiary/aromatic N) is 1. The van der Waals surface area contributed by atoms with E-state index < -0.39 is 0 Å². The first-order chi connectivity index (χ1) is 5.59. The molecule has 1 heterocycles. The predicted octanol–water partition coefficient (Wildman–Crippen LogP) is 0.913. The fourth-order valence-corrected chi connectivity index (χ4v) is 0.889. The van der Waals surface area contributed by atoms with E-state index in [4.69, 9.17) is 15.6 Å². The van der Waals surface area contributed by atoms with Gasteiger partial charge in [-0.25, -0.2) is 0 Å². The van der Waals surface area contributed by atoms with Gasteiger partial charge in [0.2, 0.25) is 0 Å². The molecule has 1 aromatic heterocycles. The second-order valence-electron chi connectivity index (χ2n) is 2.75. The highest BCUT2D eigenvalue weighted by Crippen LogP contribution is 2.07. The van der Waals surface area contributed by atoms with E-state index in [-0.39, 0.29) is 5.96 Å². The quantitative estimate of drug-likeness (QED) is 0.508. The molecule has 0 radical (unpaired) electrons. The smallest absolute Gasteiger partial charge is 0.188 e. The zero-order valence-corrected chi connectivity index (χ0v) is 7.29. The van der Waals surface area contributed by atoms with E-state index in [0.717, 1.165) is 11.5 Å². The first-order valence-corrected chi connectivity index (χ1v) is 3.70. The summed E-state index contributed by atoms with van der Waals surface area (Å²) in [7, 11) is 1.75. The largest absolute Gasteiger partial charge is 0.464 e. The van der Waals surface area contributed by atoms with E-state index in [0.29, 0.717) is 6.54 Å². The Morgan fingerprint density at radius 1 is 1.67 bits per heavy atom. The van der Waals surface area contributed by atoms with Crippen molar-refractivity contribution in [1.82, 2.24) is 4.90 Å². The van der Waals surface area contributed by atoms with Gasteiger partial charge in [0.1, 0.15) is 11.5 Å². The van der Waals surface area contributed by atoms with Crippen molar-refractivity contribution in [2.75, 3.05) is 7.05 Å². The average Bonchev–Trinajstić information content (AvgIpc) is 2.35. The Labute approximate surface area is 71.5 Å². The number of rotatable bonds is 2. The molecule has 0 saturated heterocycles. The Hall–Kier alpha value is -1.45. The van der Waals surface area contributed by atoms with Crippen molar-refractivity contribution in [2.45, 2.75) is 13.5 Å². The van der Waals surface area contributed by atoms with Gasteiger partial charge in [0, 0.05) is 7.05 Å². The SMILES string of the molecule is Cc1ccc(CN(C)C(=N)N)o1. The number of hydrogen-bond donors (Lipinski definition) is 2. The van der Waals surface area contributed by atoms with Crippen LogP contribution in [0.4, 0.5) is 0 Å². The minimum Gasteiger partial charge on any atom is -0.464 e. The summed E-state index contributed by atoms with van der Waals surface area (Å²) < 4.78 is 5.31. The molecule has 4 nitrogen and oxygen atoms in total. The lowest BCUT2D eigenvalue weighted by Crippen LogP contribution is -2.31. The van der Waals surface area contributed by atoms with Crippen molar-refractivity contribution in [3.63, 3.8) is 0 Å². The standard InChI is InChI=1S/C8H13N3O/c1-6-3-4-7(12-6)5-11(2)8(9)10/h3-4H,5H2,1-2H3,(H3,9,10). The van der Waals surface area contributed by atoms with Gasteiger partial charge in [-0.15, -0.1) is 0 Å². The molecule has 3 N–H and O–H groups in total. The Morgan fingerprint density at radius 3 is 2.75 bits per heavy atom. The van der Waals surface area contributed by atoms with Gasteiger partial charge in [-0.05, 0) is 19.1 Å². The third-order valence-corrected chi connectivity index (χ3v) is 1.60. The molecule has 0 fully saturated rings. The molecule has 66 valence electrons. The molecule has 1 rings (SSSR count). The van der Waals surface area contributed by atoms with Gasteiger partial charge >= 0.3 is 0 Å². The number of furan rings is 1. The third-order valence-electron chi connectivity index (χ3n) is 1.60. The first kappa shape index (κ1) is 8.64. The summed E-state index contributed by atoms with van der Waals surface area (Å²) in [4.78, 5) is 1.61. The van der Waals surface area contributed by atoms with Gasteiger partial charge in [-0.1, -0.05) is 0 Å². The minimum atomic E-state index is 0.0454. The first-order valence-electron chi connectivity index (χ1n) is 3.70. The van der Waals surface area contributed by atoms with Crippen LogP contribution in [-0.4, -0.2) is 17.9 Å². The van der Waals surface area contributed by atoms with Crippen molar-refractivity contribution >= 4 is 5.96 Å². The molecule has 0 aromatic carbocycles. The van der Waals surface area contributed by atoms with Crippen molar-refractivity contribution in [1.29, 1.82) is 5.41 Å². The summed E-state index contributed by atoms with van der Waals surface area (Å²) in [6.07, 6.45) is 0. The maximum Gasteiger partial charge on any atom is 0.188 e. The lowest BCUT2D eigenvalue weighted by Gasteiger charge is -2.14. The van der Waals surface area contributed by atoms with Crippen LogP contribution in [0.1, 0.15) is 11.5 Å². The van der Waals surface area contributed by atoms with E-state index in [2.05, 4.69) is 0 Å². The average molecular weight is 167 g/mol. The molecule has 1 aromatic rings. The van der Waals surface area contributed by atoms with Crippen molar-refractivity contribution < 1.29 is 4.42 Å². The maximum atomic E-state index is 7.12. The second-order valence-corrected chi connectivity index (χ2v) is 2.75. The van der Waals surface area contributed by atoms with E-state index in [9.17, 15) is 0 Å². The van der Waals surface area contributed by atoms with Gasteiger partial charge < -0.3 is 15.1 Å². The van der Waals surface area contributed by atoms with Crippen molar-refractivity contribution in [3.8, 4) is 0 Å². The molecule has 0 bridgehead atoms. The van der Waals surface area contributed by atoms with Gasteiger partial charge in [0.25, 0.3) is 0 Å². The second kappa shape index (κ2) is 3.30. The molecular formula is C8H13N3O. The van der Waals surface area contributed by atoms with Crippen LogP contribution in [0, 0.1) is 12.3 Å². The van der Waals surface area contributed by atoms with Crippen LogP contribution in [0.2, 0.25) is 0 Å². The maximum absolute atomic E-state index is 7.12. The Kier molecular flexibility index (Phi) is 2.38. The molecule has 0 amide bonds. The predicted molar refractivity (Wildman–Crippen MR) is 46.8 cm³/mol. The lowest BCUT2D eigenvalue weighted by molar-refractivity contribution is 0.396. The summed E-state index contributed by atoms with van der Waals surface area (Å²) in [5.41, 5.74) is 5.26. The number of hydrogen-bond acceptors (Lipinski definition) is 2. The monoisotopic (exact) mass is 167 g/mol.